The van der Waals surface area contributed by atoms with Gasteiger partial charge in [-0.15, -0.1) is 0 Å². The highest BCUT2D eigenvalue weighted by atomic mass is 19.1. The van der Waals surface area contributed by atoms with Crippen molar-refractivity contribution >= 4 is 11.8 Å². The van der Waals surface area contributed by atoms with Crippen LogP contribution in [0.1, 0.15) is 25.8 Å². The first-order valence-electron chi connectivity index (χ1n) is 8.45. The van der Waals surface area contributed by atoms with Crippen molar-refractivity contribution in [2.24, 2.45) is 11.7 Å². The van der Waals surface area contributed by atoms with Crippen LogP contribution in [-0.4, -0.2) is 53.8 Å². The standard InChI is InChI=1S/C18H26FN3O2/c1-13(6-7-15-4-3-5-16(19)12-15)18(24)22-10-8-21(9-11-22)14(2)17(20)23/h3-5,12-14H,6-11H2,1-2H3,(H2,20,23)/t13-,14-/m1/s1. The Morgan fingerprint density at radius 2 is 1.88 bits per heavy atom. The highest BCUT2D eigenvalue weighted by molar-refractivity contribution is 5.80. The maximum absolute atomic E-state index is 13.2. The van der Waals surface area contributed by atoms with Crippen LogP contribution in [0.25, 0.3) is 0 Å². The van der Waals surface area contributed by atoms with Crippen molar-refractivity contribution in [3.63, 3.8) is 0 Å². The van der Waals surface area contributed by atoms with Crippen LogP contribution in [0.15, 0.2) is 24.3 Å². The molecule has 0 saturated carbocycles. The van der Waals surface area contributed by atoms with E-state index in [4.69, 9.17) is 5.73 Å². The lowest BCUT2D eigenvalue weighted by Gasteiger charge is -2.38. The van der Waals surface area contributed by atoms with E-state index in [-0.39, 0.29) is 29.6 Å². The van der Waals surface area contributed by atoms with Crippen LogP contribution >= 0.6 is 0 Å². The molecule has 0 aliphatic carbocycles. The minimum Gasteiger partial charge on any atom is -0.368 e. The molecule has 1 saturated heterocycles. The van der Waals surface area contributed by atoms with E-state index in [0.717, 1.165) is 5.56 Å². The summed E-state index contributed by atoms with van der Waals surface area (Å²) >= 11 is 0. The summed E-state index contributed by atoms with van der Waals surface area (Å²) in [7, 11) is 0. The van der Waals surface area contributed by atoms with E-state index in [2.05, 4.69) is 0 Å². The largest absolute Gasteiger partial charge is 0.368 e. The molecule has 5 nitrogen and oxygen atoms in total. The topological polar surface area (TPSA) is 66.6 Å². The molecule has 0 aromatic heterocycles. The number of rotatable bonds is 6. The highest BCUT2D eigenvalue weighted by Crippen LogP contribution is 2.15. The molecule has 1 heterocycles. The third-order valence-corrected chi connectivity index (χ3v) is 4.76. The summed E-state index contributed by atoms with van der Waals surface area (Å²) in [6.45, 7) is 6.25. The molecule has 0 radical (unpaired) electrons. The molecule has 1 aliphatic rings. The zero-order valence-corrected chi connectivity index (χ0v) is 14.4. The molecule has 1 aromatic rings. The highest BCUT2D eigenvalue weighted by Gasteiger charge is 2.28. The van der Waals surface area contributed by atoms with Gasteiger partial charge in [-0.3, -0.25) is 14.5 Å². The Labute approximate surface area is 142 Å². The minimum absolute atomic E-state index is 0.103. The van der Waals surface area contributed by atoms with E-state index >= 15 is 0 Å². The normalized spacial score (nSPS) is 18.2. The lowest BCUT2D eigenvalue weighted by molar-refractivity contribution is -0.137. The molecule has 2 N–H and O–H groups in total. The lowest BCUT2D eigenvalue weighted by Crippen LogP contribution is -2.55. The average Bonchev–Trinajstić information content (AvgIpc) is 2.58. The summed E-state index contributed by atoms with van der Waals surface area (Å²) in [5.74, 6) is -0.560. The fourth-order valence-corrected chi connectivity index (χ4v) is 3.02. The quantitative estimate of drug-likeness (QED) is 0.855. The second kappa shape index (κ2) is 8.24. The van der Waals surface area contributed by atoms with Crippen LogP contribution in [-0.2, 0) is 16.0 Å². The third kappa shape index (κ3) is 4.77. The van der Waals surface area contributed by atoms with Crippen LogP contribution in [0.4, 0.5) is 4.39 Å². The van der Waals surface area contributed by atoms with Gasteiger partial charge in [-0.2, -0.15) is 0 Å². The van der Waals surface area contributed by atoms with E-state index < -0.39 is 0 Å². The first kappa shape index (κ1) is 18.4. The number of nitrogens with two attached hydrogens (primary N) is 1. The number of piperazine rings is 1. The zero-order chi connectivity index (χ0) is 17.7. The van der Waals surface area contributed by atoms with Crippen molar-refractivity contribution in [1.82, 2.24) is 9.80 Å². The summed E-state index contributed by atoms with van der Waals surface area (Å²) in [6, 6.07) is 6.21. The van der Waals surface area contributed by atoms with Crippen LogP contribution in [0.2, 0.25) is 0 Å². The van der Waals surface area contributed by atoms with E-state index in [1.54, 1.807) is 13.0 Å². The van der Waals surface area contributed by atoms with E-state index in [0.29, 0.717) is 39.0 Å². The number of hydrogen-bond acceptors (Lipinski definition) is 3. The molecule has 0 bridgehead atoms. The lowest BCUT2D eigenvalue weighted by atomic mass is 9.99. The number of primary amides is 1. The number of hydrogen-bond donors (Lipinski definition) is 1. The van der Waals surface area contributed by atoms with Gasteiger partial charge in [0.2, 0.25) is 11.8 Å². The SMILES string of the molecule is C[C@H](CCc1cccc(F)c1)C(=O)N1CCN([C@H](C)C(N)=O)CC1. The van der Waals surface area contributed by atoms with Crippen molar-refractivity contribution in [2.45, 2.75) is 32.7 Å². The van der Waals surface area contributed by atoms with Crippen LogP contribution in [0, 0.1) is 11.7 Å². The molecular weight excluding hydrogens is 309 g/mol. The average molecular weight is 335 g/mol. The summed E-state index contributed by atoms with van der Waals surface area (Å²) in [5, 5.41) is 0. The molecule has 1 aromatic carbocycles. The molecule has 0 unspecified atom stereocenters. The summed E-state index contributed by atoms with van der Waals surface area (Å²) in [6.07, 6.45) is 1.38. The van der Waals surface area contributed by atoms with Crippen molar-refractivity contribution in [1.29, 1.82) is 0 Å². The summed E-state index contributed by atoms with van der Waals surface area (Å²) < 4.78 is 13.2. The van der Waals surface area contributed by atoms with Crippen LogP contribution < -0.4 is 5.73 Å². The molecule has 1 fully saturated rings. The van der Waals surface area contributed by atoms with Gasteiger partial charge >= 0.3 is 0 Å². The predicted molar refractivity (Wildman–Crippen MR) is 90.7 cm³/mol. The van der Waals surface area contributed by atoms with Crippen molar-refractivity contribution in [2.75, 3.05) is 26.2 Å². The van der Waals surface area contributed by atoms with Gasteiger partial charge < -0.3 is 10.6 Å². The monoisotopic (exact) mass is 335 g/mol. The third-order valence-electron chi connectivity index (χ3n) is 4.76. The Balaban J connectivity index is 1.80. The molecule has 2 rings (SSSR count). The second-order valence-corrected chi connectivity index (χ2v) is 6.51. The zero-order valence-electron chi connectivity index (χ0n) is 14.4. The number of aryl methyl sites for hydroxylation is 1. The Bertz CT molecular complexity index is 585. The molecule has 2 amide bonds. The van der Waals surface area contributed by atoms with Gasteiger partial charge in [-0.25, -0.2) is 4.39 Å². The van der Waals surface area contributed by atoms with Gasteiger partial charge in [0, 0.05) is 32.1 Å². The molecule has 2 atom stereocenters. The van der Waals surface area contributed by atoms with Gasteiger partial charge in [-0.1, -0.05) is 19.1 Å². The number of halogens is 1. The summed E-state index contributed by atoms with van der Waals surface area (Å²) in [4.78, 5) is 27.6. The first-order chi connectivity index (χ1) is 11.4. The van der Waals surface area contributed by atoms with Gasteiger partial charge in [0.25, 0.3) is 0 Å². The molecule has 24 heavy (non-hydrogen) atoms. The molecule has 132 valence electrons. The van der Waals surface area contributed by atoms with E-state index in [1.807, 2.05) is 22.8 Å². The number of amides is 2. The first-order valence-corrected chi connectivity index (χ1v) is 8.45. The van der Waals surface area contributed by atoms with E-state index in [9.17, 15) is 14.0 Å². The molecular formula is C18H26FN3O2. The van der Waals surface area contributed by atoms with Gasteiger partial charge in [0.15, 0.2) is 0 Å². The smallest absolute Gasteiger partial charge is 0.234 e. The Morgan fingerprint density at radius 3 is 2.46 bits per heavy atom. The number of carbonyl (C=O) groups is 2. The van der Waals surface area contributed by atoms with Crippen molar-refractivity contribution in [3.8, 4) is 0 Å². The van der Waals surface area contributed by atoms with Gasteiger partial charge in [-0.05, 0) is 37.5 Å². The number of nitrogens with zero attached hydrogens (tertiary/aromatic N) is 2. The second-order valence-electron chi connectivity index (χ2n) is 6.51. The summed E-state index contributed by atoms with van der Waals surface area (Å²) in [5.41, 5.74) is 6.24. The molecule has 1 aliphatic heterocycles. The van der Waals surface area contributed by atoms with Crippen LogP contribution in [0.5, 0.6) is 0 Å². The van der Waals surface area contributed by atoms with Gasteiger partial charge in [0.05, 0.1) is 6.04 Å². The Hall–Kier alpha value is -1.95. The fourth-order valence-electron chi connectivity index (χ4n) is 3.02. The van der Waals surface area contributed by atoms with E-state index in [1.165, 1.54) is 12.1 Å². The minimum atomic E-state index is -0.335. The maximum atomic E-state index is 13.2. The maximum Gasteiger partial charge on any atom is 0.234 e. The Morgan fingerprint density at radius 1 is 1.21 bits per heavy atom. The number of carbonyl (C=O) groups excluding carboxylic acids is 2. The predicted octanol–water partition coefficient (Wildman–Crippen LogP) is 1.41. The fraction of sp³-hybridized carbons (Fsp3) is 0.556. The molecule has 0 spiro atoms. The van der Waals surface area contributed by atoms with Gasteiger partial charge in [0.1, 0.15) is 5.82 Å². The Kier molecular flexibility index (Phi) is 6.31. The van der Waals surface area contributed by atoms with Crippen molar-refractivity contribution < 1.29 is 14.0 Å². The van der Waals surface area contributed by atoms with Crippen LogP contribution in [0.3, 0.4) is 0 Å². The van der Waals surface area contributed by atoms with Crippen molar-refractivity contribution in [3.05, 3.63) is 35.6 Å². The number of benzene rings is 1. The molecule has 6 heteroatoms.